The van der Waals surface area contributed by atoms with E-state index in [-0.39, 0.29) is 5.82 Å². The Hall–Kier alpha value is -1.64. The number of halogens is 1. The molecule has 0 unspecified atom stereocenters. The van der Waals surface area contributed by atoms with Gasteiger partial charge in [-0.05, 0) is 18.2 Å². The molecule has 2 rings (SSSR count). The second-order valence-electron chi connectivity index (χ2n) is 2.35. The summed E-state index contributed by atoms with van der Waals surface area (Å²) in [6.45, 7) is 0. The van der Waals surface area contributed by atoms with Gasteiger partial charge in [0.15, 0.2) is 0 Å². The first-order chi connectivity index (χ1) is 5.86. The van der Waals surface area contributed by atoms with Crippen LogP contribution in [0.2, 0.25) is 0 Å². The van der Waals surface area contributed by atoms with E-state index in [1.54, 1.807) is 12.1 Å². The molecule has 0 amide bonds. The summed E-state index contributed by atoms with van der Waals surface area (Å²) in [5.41, 5.74) is 0.653. The number of nitrogens with zero attached hydrogens (tertiary/aromatic N) is 1. The van der Waals surface area contributed by atoms with Crippen LogP contribution in [0.15, 0.2) is 41.1 Å². The fraction of sp³-hybridized carbons (Fsp3) is 0. The van der Waals surface area contributed by atoms with Crippen LogP contribution in [0.5, 0.6) is 0 Å². The summed E-state index contributed by atoms with van der Waals surface area (Å²) in [6, 6.07) is 6.13. The Labute approximate surface area is 68.7 Å². The summed E-state index contributed by atoms with van der Waals surface area (Å²) in [4.78, 5) is 3.89. The highest BCUT2D eigenvalue weighted by Crippen LogP contribution is 2.16. The van der Waals surface area contributed by atoms with Crippen molar-refractivity contribution in [3.63, 3.8) is 0 Å². The molecule has 0 radical (unpaired) electrons. The minimum atomic E-state index is -0.286. The van der Waals surface area contributed by atoms with Gasteiger partial charge in [0, 0.05) is 5.56 Å². The van der Waals surface area contributed by atoms with Crippen molar-refractivity contribution in [1.82, 2.24) is 4.98 Å². The van der Waals surface area contributed by atoms with Gasteiger partial charge in [0.2, 0.25) is 5.89 Å². The zero-order valence-electron chi connectivity index (χ0n) is 6.20. The second kappa shape index (κ2) is 2.77. The van der Waals surface area contributed by atoms with Crippen molar-refractivity contribution in [3.05, 3.63) is 42.5 Å². The highest BCUT2D eigenvalue weighted by atomic mass is 19.1. The lowest BCUT2D eigenvalue weighted by molar-refractivity contribution is 0.572. The van der Waals surface area contributed by atoms with E-state index in [0.717, 1.165) is 0 Å². The minimum absolute atomic E-state index is 0.286. The molecule has 60 valence electrons. The molecule has 0 saturated heterocycles. The molecule has 1 aromatic heterocycles. The van der Waals surface area contributed by atoms with Crippen molar-refractivity contribution in [2.45, 2.75) is 0 Å². The van der Waals surface area contributed by atoms with Crippen LogP contribution in [0.25, 0.3) is 11.5 Å². The molecular weight excluding hydrogens is 157 g/mol. The maximum absolute atomic E-state index is 12.7. The summed E-state index contributed by atoms with van der Waals surface area (Å²) >= 11 is 0. The maximum atomic E-state index is 12.7. The van der Waals surface area contributed by atoms with Crippen molar-refractivity contribution in [2.24, 2.45) is 0 Å². The predicted octanol–water partition coefficient (Wildman–Crippen LogP) is 2.48. The first-order valence-electron chi connectivity index (χ1n) is 3.52. The Kier molecular flexibility index (Phi) is 1.63. The van der Waals surface area contributed by atoms with E-state index in [1.807, 2.05) is 0 Å². The van der Waals surface area contributed by atoms with Crippen LogP contribution in [0.3, 0.4) is 0 Å². The zero-order chi connectivity index (χ0) is 8.39. The lowest BCUT2D eigenvalue weighted by atomic mass is 10.2. The number of rotatable bonds is 1. The summed E-state index contributed by atoms with van der Waals surface area (Å²) < 4.78 is 17.7. The number of hydrogen-bond donors (Lipinski definition) is 0. The van der Waals surface area contributed by atoms with Crippen molar-refractivity contribution in [1.29, 1.82) is 0 Å². The molecular formula is C9H6FNO. The van der Waals surface area contributed by atoms with Gasteiger partial charge in [-0.1, -0.05) is 6.07 Å². The maximum Gasteiger partial charge on any atom is 0.225 e. The van der Waals surface area contributed by atoms with Gasteiger partial charge in [-0.3, -0.25) is 0 Å². The Bertz CT molecular complexity index is 370. The normalized spacial score (nSPS) is 10.1. The smallest absolute Gasteiger partial charge is 0.225 e. The standard InChI is InChI=1S/C9H6FNO/c10-8-3-1-2-7(6-8)9-11-4-5-12-9/h1-6H. The lowest BCUT2D eigenvalue weighted by Crippen LogP contribution is -1.78. The van der Waals surface area contributed by atoms with Gasteiger partial charge in [0.1, 0.15) is 12.1 Å². The number of aromatic nitrogens is 1. The van der Waals surface area contributed by atoms with E-state index in [1.165, 1.54) is 24.6 Å². The average molecular weight is 163 g/mol. The summed E-state index contributed by atoms with van der Waals surface area (Å²) in [7, 11) is 0. The van der Waals surface area contributed by atoms with Gasteiger partial charge in [-0.15, -0.1) is 0 Å². The van der Waals surface area contributed by atoms with E-state index < -0.39 is 0 Å². The van der Waals surface area contributed by atoms with E-state index in [4.69, 9.17) is 4.42 Å². The van der Waals surface area contributed by atoms with Crippen LogP contribution < -0.4 is 0 Å². The fourth-order valence-electron chi connectivity index (χ4n) is 0.988. The molecule has 0 fully saturated rings. The number of hydrogen-bond acceptors (Lipinski definition) is 2. The van der Waals surface area contributed by atoms with Crippen LogP contribution in [0.4, 0.5) is 4.39 Å². The van der Waals surface area contributed by atoms with Crippen LogP contribution >= 0.6 is 0 Å². The largest absolute Gasteiger partial charge is 0.445 e. The lowest BCUT2D eigenvalue weighted by Gasteiger charge is -1.93. The summed E-state index contributed by atoms with van der Waals surface area (Å²) in [5.74, 6) is 0.153. The molecule has 0 saturated carbocycles. The van der Waals surface area contributed by atoms with Crippen LogP contribution in [-0.4, -0.2) is 4.98 Å². The van der Waals surface area contributed by atoms with E-state index in [0.29, 0.717) is 11.5 Å². The summed E-state index contributed by atoms with van der Waals surface area (Å²) in [5, 5.41) is 0. The zero-order valence-corrected chi connectivity index (χ0v) is 6.20. The Balaban J connectivity index is 2.48. The van der Waals surface area contributed by atoms with Gasteiger partial charge < -0.3 is 4.42 Å². The molecule has 0 aliphatic carbocycles. The molecule has 0 N–H and O–H groups in total. The minimum Gasteiger partial charge on any atom is -0.445 e. The van der Waals surface area contributed by atoms with Gasteiger partial charge in [-0.2, -0.15) is 0 Å². The second-order valence-corrected chi connectivity index (χ2v) is 2.35. The van der Waals surface area contributed by atoms with Crippen molar-refractivity contribution >= 4 is 0 Å². The molecule has 0 bridgehead atoms. The molecule has 2 aromatic rings. The Morgan fingerprint density at radius 1 is 1.33 bits per heavy atom. The van der Waals surface area contributed by atoms with E-state index in [9.17, 15) is 4.39 Å². The third kappa shape index (κ3) is 1.21. The van der Waals surface area contributed by atoms with Crippen LogP contribution in [0, 0.1) is 5.82 Å². The van der Waals surface area contributed by atoms with E-state index in [2.05, 4.69) is 4.98 Å². The molecule has 1 aromatic carbocycles. The number of benzene rings is 1. The highest BCUT2D eigenvalue weighted by Gasteiger charge is 2.01. The van der Waals surface area contributed by atoms with Gasteiger partial charge in [-0.25, -0.2) is 9.37 Å². The first-order valence-corrected chi connectivity index (χ1v) is 3.52. The van der Waals surface area contributed by atoms with E-state index >= 15 is 0 Å². The third-order valence-electron chi connectivity index (χ3n) is 1.50. The van der Waals surface area contributed by atoms with Crippen LogP contribution in [0.1, 0.15) is 0 Å². The Morgan fingerprint density at radius 2 is 2.25 bits per heavy atom. The topological polar surface area (TPSA) is 26.0 Å². The summed E-state index contributed by atoms with van der Waals surface area (Å²) in [6.07, 6.45) is 2.99. The monoisotopic (exact) mass is 163 g/mol. The van der Waals surface area contributed by atoms with Gasteiger partial charge >= 0.3 is 0 Å². The highest BCUT2D eigenvalue weighted by molar-refractivity contribution is 5.52. The quantitative estimate of drug-likeness (QED) is 0.645. The van der Waals surface area contributed by atoms with Crippen molar-refractivity contribution in [2.75, 3.05) is 0 Å². The molecule has 0 spiro atoms. The van der Waals surface area contributed by atoms with Crippen LogP contribution in [-0.2, 0) is 0 Å². The predicted molar refractivity (Wildman–Crippen MR) is 41.9 cm³/mol. The molecule has 0 aliphatic rings. The molecule has 1 heterocycles. The Morgan fingerprint density at radius 3 is 2.92 bits per heavy atom. The first kappa shape index (κ1) is 7.03. The van der Waals surface area contributed by atoms with Gasteiger partial charge in [0.05, 0.1) is 6.20 Å². The SMILES string of the molecule is Fc1cccc(-c2ncco2)c1. The third-order valence-corrected chi connectivity index (χ3v) is 1.50. The molecule has 0 atom stereocenters. The fourth-order valence-corrected chi connectivity index (χ4v) is 0.988. The molecule has 0 aliphatic heterocycles. The molecule has 12 heavy (non-hydrogen) atoms. The molecule has 2 nitrogen and oxygen atoms in total. The van der Waals surface area contributed by atoms with Crippen molar-refractivity contribution < 1.29 is 8.81 Å². The van der Waals surface area contributed by atoms with Gasteiger partial charge in [0.25, 0.3) is 0 Å². The average Bonchev–Trinajstić information content (AvgIpc) is 2.56. The molecule has 3 heteroatoms. The number of oxazole rings is 1. The van der Waals surface area contributed by atoms with Crippen molar-refractivity contribution in [3.8, 4) is 11.5 Å².